The second-order valence-electron chi connectivity index (χ2n) is 6.93. The van der Waals surface area contributed by atoms with Crippen molar-refractivity contribution < 1.29 is 0 Å². The van der Waals surface area contributed by atoms with Gasteiger partial charge in [0.2, 0.25) is 0 Å². The number of rotatable bonds is 15. The van der Waals surface area contributed by atoms with Crippen molar-refractivity contribution in [3.8, 4) is 0 Å². The average Bonchev–Trinajstić information content (AvgIpc) is 2.93. The van der Waals surface area contributed by atoms with E-state index in [9.17, 15) is 0 Å². The Kier molecular flexibility index (Phi) is 12.8. The molecule has 0 aliphatic carbocycles. The van der Waals surface area contributed by atoms with Gasteiger partial charge in [0.1, 0.15) is 0 Å². The van der Waals surface area contributed by atoms with Crippen LogP contribution in [0.2, 0.25) is 0 Å². The van der Waals surface area contributed by atoms with Crippen molar-refractivity contribution in [1.29, 1.82) is 0 Å². The van der Waals surface area contributed by atoms with Crippen molar-refractivity contribution in [3.05, 3.63) is 21.9 Å². The second kappa shape index (κ2) is 14.3. The molecule has 0 saturated heterocycles. The summed E-state index contributed by atoms with van der Waals surface area (Å²) < 4.78 is 0. The smallest absolute Gasteiger partial charge is 0.00585 e. The molecule has 0 amide bonds. The van der Waals surface area contributed by atoms with Gasteiger partial charge in [-0.3, -0.25) is 0 Å². The zero-order chi connectivity index (χ0) is 15.9. The fourth-order valence-corrected chi connectivity index (χ4v) is 4.04. The average molecular weight is 323 g/mol. The molecule has 0 N–H and O–H groups in total. The van der Waals surface area contributed by atoms with Crippen molar-refractivity contribution in [1.82, 2.24) is 0 Å². The lowest BCUT2D eigenvalue weighted by Crippen LogP contribution is -1.86. The molecule has 0 bridgehead atoms. The molecule has 1 heterocycles. The molecule has 1 aromatic rings. The molecule has 0 spiro atoms. The Labute approximate surface area is 143 Å². The summed E-state index contributed by atoms with van der Waals surface area (Å²) in [4.78, 5) is 0. The maximum Gasteiger partial charge on any atom is -0.00585 e. The summed E-state index contributed by atoms with van der Waals surface area (Å²) >= 11 is 1.85. The molecule has 22 heavy (non-hydrogen) atoms. The first kappa shape index (κ1) is 19.7. The third kappa shape index (κ3) is 10.4. The first-order chi connectivity index (χ1) is 10.8. The summed E-state index contributed by atoms with van der Waals surface area (Å²) in [6, 6.07) is 0. The molecular weight excluding hydrogens is 284 g/mol. The number of hydrogen-bond acceptors (Lipinski definition) is 1. The van der Waals surface area contributed by atoms with Gasteiger partial charge in [0, 0.05) is 0 Å². The van der Waals surface area contributed by atoms with E-state index in [1.54, 1.807) is 5.56 Å². The van der Waals surface area contributed by atoms with Gasteiger partial charge < -0.3 is 0 Å². The first-order valence-corrected chi connectivity index (χ1v) is 10.8. The van der Waals surface area contributed by atoms with Gasteiger partial charge in [-0.1, -0.05) is 90.4 Å². The normalized spacial score (nSPS) is 11.2. The number of unbranched alkanes of at least 4 members (excludes halogenated alkanes) is 13. The Morgan fingerprint density at radius 3 is 1.50 bits per heavy atom. The first-order valence-electron chi connectivity index (χ1n) is 9.86. The zero-order valence-corrected chi connectivity index (χ0v) is 16.0. The van der Waals surface area contributed by atoms with Crippen molar-refractivity contribution in [3.63, 3.8) is 0 Å². The van der Waals surface area contributed by atoms with Crippen LogP contribution in [0.3, 0.4) is 0 Å². The van der Waals surface area contributed by atoms with E-state index in [2.05, 4.69) is 24.6 Å². The van der Waals surface area contributed by atoms with E-state index in [0.29, 0.717) is 0 Å². The van der Waals surface area contributed by atoms with Crippen LogP contribution < -0.4 is 0 Å². The third-order valence-electron chi connectivity index (χ3n) is 4.76. The maximum absolute atomic E-state index is 2.33. The van der Waals surface area contributed by atoms with Gasteiger partial charge in [0.25, 0.3) is 0 Å². The molecule has 1 aromatic heterocycles. The van der Waals surface area contributed by atoms with Crippen molar-refractivity contribution >= 4 is 11.3 Å². The standard InChI is InChI=1S/C21H38S/c1-3-4-5-6-7-8-9-10-11-12-13-14-15-16-17-21-19-22-18-20(21)2/h18-19H,3-17H2,1-2H3. The minimum absolute atomic E-state index is 1.30. The lowest BCUT2D eigenvalue weighted by Gasteiger charge is -2.03. The minimum atomic E-state index is 1.30. The molecule has 0 unspecified atom stereocenters. The van der Waals surface area contributed by atoms with Crippen LogP contribution >= 0.6 is 11.3 Å². The van der Waals surface area contributed by atoms with Gasteiger partial charge in [-0.15, -0.1) is 0 Å². The summed E-state index contributed by atoms with van der Waals surface area (Å²) in [5.74, 6) is 0. The summed E-state index contributed by atoms with van der Waals surface area (Å²) in [6.07, 6.45) is 21.6. The van der Waals surface area contributed by atoms with Crippen molar-refractivity contribution in [2.24, 2.45) is 0 Å². The van der Waals surface area contributed by atoms with Crippen LogP contribution in [0, 0.1) is 6.92 Å². The fraction of sp³-hybridized carbons (Fsp3) is 0.810. The molecule has 0 saturated carbocycles. The van der Waals surface area contributed by atoms with Gasteiger partial charge in [-0.2, -0.15) is 11.3 Å². The lowest BCUT2D eigenvalue weighted by molar-refractivity contribution is 0.535. The number of thiophene rings is 1. The van der Waals surface area contributed by atoms with Crippen LogP contribution in [0.1, 0.15) is 108 Å². The summed E-state index contributed by atoms with van der Waals surface area (Å²) in [6.45, 7) is 4.54. The quantitative estimate of drug-likeness (QED) is 0.286. The molecule has 128 valence electrons. The highest BCUT2D eigenvalue weighted by Gasteiger charge is 1.99. The van der Waals surface area contributed by atoms with Gasteiger partial charge in [-0.25, -0.2) is 0 Å². The predicted octanol–water partition coefficient (Wildman–Crippen LogP) is 8.08. The summed E-state index contributed by atoms with van der Waals surface area (Å²) in [5, 5.41) is 4.61. The molecule has 0 atom stereocenters. The highest BCUT2D eigenvalue weighted by molar-refractivity contribution is 7.08. The van der Waals surface area contributed by atoms with Crippen LogP contribution in [0.4, 0.5) is 0 Å². The monoisotopic (exact) mass is 322 g/mol. The molecule has 0 radical (unpaired) electrons. The Balaban J connectivity index is 1.74. The SMILES string of the molecule is CCCCCCCCCCCCCCCCc1cscc1C. The van der Waals surface area contributed by atoms with Crippen molar-refractivity contribution in [2.75, 3.05) is 0 Å². The van der Waals surface area contributed by atoms with Crippen LogP contribution in [0.25, 0.3) is 0 Å². The van der Waals surface area contributed by atoms with Crippen LogP contribution in [0.5, 0.6) is 0 Å². The minimum Gasteiger partial charge on any atom is -0.152 e. The lowest BCUT2D eigenvalue weighted by atomic mass is 10.0. The predicted molar refractivity (Wildman–Crippen MR) is 103 cm³/mol. The third-order valence-corrected chi connectivity index (χ3v) is 5.67. The molecule has 0 aromatic carbocycles. The molecule has 0 aliphatic heterocycles. The molecule has 1 heteroatoms. The Bertz CT molecular complexity index is 339. The molecule has 0 nitrogen and oxygen atoms in total. The van der Waals surface area contributed by atoms with E-state index >= 15 is 0 Å². The van der Waals surface area contributed by atoms with E-state index in [0.717, 1.165) is 0 Å². The van der Waals surface area contributed by atoms with E-state index in [4.69, 9.17) is 0 Å². The summed E-state index contributed by atoms with van der Waals surface area (Å²) in [7, 11) is 0. The van der Waals surface area contributed by atoms with Gasteiger partial charge in [0.05, 0.1) is 0 Å². The summed E-state index contributed by atoms with van der Waals surface area (Å²) in [5.41, 5.74) is 3.09. The number of hydrogen-bond donors (Lipinski definition) is 0. The topological polar surface area (TPSA) is 0 Å². The van der Waals surface area contributed by atoms with Gasteiger partial charge in [-0.05, 0) is 41.7 Å². The highest BCUT2D eigenvalue weighted by Crippen LogP contribution is 2.17. The van der Waals surface area contributed by atoms with Crippen LogP contribution in [-0.4, -0.2) is 0 Å². The molecule has 0 aliphatic rings. The fourth-order valence-electron chi connectivity index (χ4n) is 3.15. The van der Waals surface area contributed by atoms with Crippen LogP contribution in [0.15, 0.2) is 10.8 Å². The maximum atomic E-state index is 2.33. The molecule has 1 rings (SSSR count). The van der Waals surface area contributed by atoms with E-state index < -0.39 is 0 Å². The van der Waals surface area contributed by atoms with Gasteiger partial charge in [0.15, 0.2) is 0 Å². The molecule has 0 fully saturated rings. The molecular formula is C21H38S. The van der Waals surface area contributed by atoms with E-state index in [-0.39, 0.29) is 0 Å². The Morgan fingerprint density at radius 2 is 1.09 bits per heavy atom. The van der Waals surface area contributed by atoms with Crippen molar-refractivity contribution in [2.45, 2.75) is 110 Å². The van der Waals surface area contributed by atoms with E-state index in [1.807, 2.05) is 11.3 Å². The van der Waals surface area contributed by atoms with E-state index in [1.165, 1.54) is 102 Å². The largest absolute Gasteiger partial charge is 0.152 e. The second-order valence-corrected chi connectivity index (χ2v) is 7.67. The van der Waals surface area contributed by atoms with Gasteiger partial charge >= 0.3 is 0 Å². The Hall–Kier alpha value is -0.300. The number of aryl methyl sites for hydroxylation is 2. The highest BCUT2D eigenvalue weighted by atomic mass is 32.1. The van der Waals surface area contributed by atoms with Crippen LogP contribution in [-0.2, 0) is 6.42 Å². The zero-order valence-electron chi connectivity index (χ0n) is 15.2. The Morgan fingerprint density at radius 1 is 0.636 bits per heavy atom.